The average molecular weight is 506 g/mol. The molecule has 0 aliphatic heterocycles. The first-order valence-corrected chi connectivity index (χ1v) is 11.9. The number of nitrogens with one attached hydrogen (secondary N) is 3. The fourth-order valence-corrected chi connectivity index (χ4v) is 3.34. The highest BCUT2D eigenvalue weighted by molar-refractivity contribution is 5.94. The summed E-state index contributed by atoms with van der Waals surface area (Å²) in [5.41, 5.74) is 17.0. The quantitative estimate of drug-likeness (QED) is 0.0908. The molecule has 12 heteroatoms. The first-order valence-electron chi connectivity index (χ1n) is 11.9. The zero-order chi connectivity index (χ0) is 27.3. The van der Waals surface area contributed by atoms with E-state index in [1.807, 2.05) is 13.0 Å². The lowest BCUT2D eigenvalue weighted by molar-refractivity contribution is -0.142. The molecule has 0 fully saturated rings. The SMILES string of the molecule is CCC(C)C(NC(=O)C(C)N)C(=O)NC(Cc1ccccc1)C(=O)NC(CCCN=C(N)N)C(=O)O. The Morgan fingerprint density at radius 1 is 0.944 bits per heavy atom. The summed E-state index contributed by atoms with van der Waals surface area (Å²) in [4.78, 5) is 54.1. The maximum atomic E-state index is 13.2. The van der Waals surface area contributed by atoms with Crippen LogP contribution in [0.4, 0.5) is 0 Å². The minimum atomic E-state index is -1.22. The molecule has 0 aromatic heterocycles. The summed E-state index contributed by atoms with van der Waals surface area (Å²) in [5.74, 6) is -3.29. The largest absolute Gasteiger partial charge is 0.480 e. The number of hydrogen-bond acceptors (Lipinski definition) is 6. The molecular weight excluding hydrogens is 466 g/mol. The van der Waals surface area contributed by atoms with Crippen molar-refractivity contribution in [3.63, 3.8) is 0 Å². The standard InChI is InChI=1S/C24H39N7O5/c1-4-14(2)19(31-20(32)15(3)25)22(34)30-18(13-16-9-6-5-7-10-16)21(33)29-17(23(35)36)11-8-12-28-24(26)27/h5-7,9-10,14-15,17-19H,4,8,11-13,25H2,1-3H3,(H,29,33)(H,30,34)(H,31,32)(H,35,36)(H4,26,27,28). The summed E-state index contributed by atoms with van der Waals surface area (Å²) in [7, 11) is 0. The van der Waals surface area contributed by atoms with E-state index in [1.54, 1.807) is 31.2 Å². The van der Waals surface area contributed by atoms with Crippen molar-refractivity contribution in [1.29, 1.82) is 0 Å². The topological polar surface area (TPSA) is 215 Å². The molecule has 10 N–H and O–H groups in total. The van der Waals surface area contributed by atoms with Gasteiger partial charge in [0, 0.05) is 13.0 Å². The highest BCUT2D eigenvalue weighted by Crippen LogP contribution is 2.11. The van der Waals surface area contributed by atoms with Crippen LogP contribution in [-0.2, 0) is 25.6 Å². The number of amides is 3. The van der Waals surface area contributed by atoms with Crippen molar-refractivity contribution in [2.45, 2.75) is 70.6 Å². The highest BCUT2D eigenvalue weighted by Gasteiger charge is 2.32. The number of aliphatic carboxylic acids is 1. The molecule has 12 nitrogen and oxygen atoms in total. The zero-order valence-electron chi connectivity index (χ0n) is 21.1. The summed E-state index contributed by atoms with van der Waals surface area (Å²) >= 11 is 0. The van der Waals surface area contributed by atoms with Gasteiger partial charge in [-0.1, -0.05) is 50.6 Å². The number of benzene rings is 1. The van der Waals surface area contributed by atoms with E-state index in [4.69, 9.17) is 17.2 Å². The van der Waals surface area contributed by atoms with Gasteiger partial charge >= 0.3 is 5.97 Å². The van der Waals surface area contributed by atoms with E-state index >= 15 is 0 Å². The molecule has 5 unspecified atom stereocenters. The Bertz CT molecular complexity index is 903. The average Bonchev–Trinajstić information content (AvgIpc) is 2.83. The van der Waals surface area contributed by atoms with Crippen LogP contribution < -0.4 is 33.2 Å². The third-order valence-electron chi connectivity index (χ3n) is 5.68. The van der Waals surface area contributed by atoms with Gasteiger partial charge in [-0.25, -0.2) is 4.79 Å². The Kier molecular flexibility index (Phi) is 12.9. The van der Waals surface area contributed by atoms with Gasteiger partial charge in [-0.2, -0.15) is 0 Å². The second kappa shape index (κ2) is 15.4. The lowest BCUT2D eigenvalue weighted by Gasteiger charge is -2.27. The minimum absolute atomic E-state index is 0.0871. The molecule has 0 saturated heterocycles. The van der Waals surface area contributed by atoms with Gasteiger partial charge in [0.2, 0.25) is 17.7 Å². The zero-order valence-corrected chi connectivity index (χ0v) is 21.1. The van der Waals surface area contributed by atoms with Gasteiger partial charge in [0.1, 0.15) is 18.1 Å². The number of guanidine groups is 1. The van der Waals surface area contributed by atoms with Crippen LogP contribution in [0.1, 0.15) is 45.6 Å². The Morgan fingerprint density at radius 3 is 2.08 bits per heavy atom. The number of hydrogen-bond donors (Lipinski definition) is 7. The summed E-state index contributed by atoms with van der Waals surface area (Å²) in [5, 5.41) is 17.4. The maximum absolute atomic E-state index is 13.2. The normalized spacial score (nSPS) is 14.9. The second-order valence-electron chi connectivity index (χ2n) is 8.76. The first kappa shape index (κ1) is 30.4. The number of rotatable bonds is 15. The minimum Gasteiger partial charge on any atom is -0.480 e. The maximum Gasteiger partial charge on any atom is 0.326 e. The van der Waals surface area contributed by atoms with Crippen LogP contribution in [0.3, 0.4) is 0 Å². The number of nitrogens with two attached hydrogens (primary N) is 3. The van der Waals surface area contributed by atoms with Crippen LogP contribution in [-0.4, -0.2) is 65.5 Å². The molecule has 0 radical (unpaired) electrons. The van der Waals surface area contributed by atoms with Gasteiger partial charge in [-0.15, -0.1) is 0 Å². The molecule has 5 atom stereocenters. The number of aliphatic imine (C=N–C) groups is 1. The Hall–Kier alpha value is -3.67. The monoisotopic (exact) mass is 505 g/mol. The molecule has 0 aliphatic carbocycles. The number of carboxylic acids is 1. The lowest BCUT2D eigenvalue weighted by Crippen LogP contribution is -2.58. The molecule has 0 saturated carbocycles. The number of carbonyl (C=O) groups is 4. The van der Waals surface area contributed by atoms with Crippen molar-refractivity contribution < 1.29 is 24.3 Å². The first-order chi connectivity index (χ1) is 17.0. The van der Waals surface area contributed by atoms with Crippen LogP contribution in [0.15, 0.2) is 35.3 Å². The number of carboxylic acid groups (broad SMARTS) is 1. The molecule has 0 spiro atoms. The highest BCUT2D eigenvalue weighted by atomic mass is 16.4. The van der Waals surface area contributed by atoms with Gasteiger partial charge in [0.05, 0.1) is 6.04 Å². The molecule has 0 heterocycles. The third kappa shape index (κ3) is 10.7. The fourth-order valence-electron chi connectivity index (χ4n) is 3.34. The number of nitrogens with zero attached hydrogens (tertiary/aromatic N) is 1. The Morgan fingerprint density at radius 2 is 1.56 bits per heavy atom. The third-order valence-corrected chi connectivity index (χ3v) is 5.68. The van der Waals surface area contributed by atoms with Crippen LogP contribution >= 0.6 is 0 Å². The molecule has 200 valence electrons. The van der Waals surface area contributed by atoms with Gasteiger partial charge in [0.25, 0.3) is 0 Å². The molecule has 1 rings (SSSR count). The predicted molar refractivity (Wildman–Crippen MR) is 137 cm³/mol. The van der Waals surface area contributed by atoms with Gasteiger partial charge in [-0.3, -0.25) is 19.4 Å². The van der Waals surface area contributed by atoms with Crippen LogP contribution in [0.25, 0.3) is 0 Å². The molecule has 0 aliphatic rings. The Labute approximate surface area is 211 Å². The molecule has 0 bridgehead atoms. The van der Waals surface area contributed by atoms with Crippen molar-refractivity contribution in [3.05, 3.63) is 35.9 Å². The summed E-state index contributed by atoms with van der Waals surface area (Å²) < 4.78 is 0. The second-order valence-corrected chi connectivity index (χ2v) is 8.76. The number of carbonyl (C=O) groups excluding carboxylic acids is 3. The smallest absolute Gasteiger partial charge is 0.326 e. The van der Waals surface area contributed by atoms with E-state index in [1.165, 1.54) is 6.92 Å². The molecular formula is C24H39N7O5. The lowest BCUT2D eigenvalue weighted by atomic mass is 9.96. The van der Waals surface area contributed by atoms with Crippen LogP contribution in [0.2, 0.25) is 0 Å². The van der Waals surface area contributed by atoms with E-state index in [0.29, 0.717) is 12.8 Å². The van der Waals surface area contributed by atoms with Crippen molar-refractivity contribution in [1.82, 2.24) is 16.0 Å². The van der Waals surface area contributed by atoms with Crippen molar-refractivity contribution in [2.24, 2.45) is 28.1 Å². The van der Waals surface area contributed by atoms with Crippen LogP contribution in [0, 0.1) is 5.92 Å². The fraction of sp³-hybridized carbons (Fsp3) is 0.542. The van der Waals surface area contributed by atoms with Gasteiger partial charge in [-0.05, 0) is 31.2 Å². The summed E-state index contributed by atoms with van der Waals surface area (Å²) in [6.45, 7) is 5.39. The van der Waals surface area contributed by atoms with E-state index in [2.05, 4.69) is 20.9 Å². The van der Waals surface area contributed by atoms with E-state index in [0.717, 1.165) is 5.56 Å². The van der Waals surface area contributed by atoms with Crippen molar-refractivity contribution in [2.75, 3.05) is 6.54 Å². The summed E-state index contributed by atoms with van der Waals surface area (Å²) in [6, 6.07) is 4.96. The molecule has 1 aromatic rings. The van der Waals surface area contributed by atoms with E-state index in [9.17, 15) is 24.3 Å². The Balaban J connectivity index is 3.08. The molecule has 3 amide bonds. The van der Waals surface area contributed by atoms with Crippen LogP contribution in [0.5, 0.6) is 0 Å². The van der Waals surface area contributed by atoms with Gasteiger partial charge in [0.15, 0.2) is 5.96 Å². The summed E-state index contributed by atoms with van der Waals surface area (Å²) in [6.07, 6.45) is 1.12. The molecule has 36 heavy (non-hydrogen) atoms. The van der Waals surface area contributed by atoms with E-state index < -0.39 is 47.9 Å². The van der Waals surface area contributed by atoms with Crippen molar-refractivity contribution in [3.8, 4) is 0 Å². The van der Waals surface area contributed by atoms with E-state index in [-0.39, 0.29) is 31.3 Å². The predicted octanol–water partition coefficient (Wildman–Crippen LogP) is -0.785. The van der Waals surface area contributed by atoms with Crippen molar-refractivity contribution >= 4 is 29.7 Å². The molecule has 1 aromatic carbocycles. The van der Waals surface area contributed by atoms with Gasteiger partial charge < -0.3 is 38.3 Å².